The molecule has 116 valence electrons. The zero-order chi connectivity index (χ0) is 15.1. The summed E-state index contributed by atoms with van der Waals surface area (Å²) in [4.78, 5) is 4.57. The van der Waals surface area contributed by atoms with Gasteiger partial charge in [0.15, 0.2) is 5.96 Å². The van der Waals surface area contributed by atoms with Crippen LogP contribution in [-0.2, 0) is 10.2 Å². The van der Waals surface area contributed by atoms with E-state index < -0.39 is 0 Å². The molecule has 1 aliphatic heterocycles. The first kappa shape index (κ1) is 16.3. The Hall–Kier alpha value is -1.07. The van der Waals surface area contributed by atoms with Crippen LogP contribution in [0, 0.1) is 0 Å². The Bertz CT molecular complexity index is 467. The highest BCUT2D eigenvalue weighted by Crippen LogP contribution is 2.35. The summed E-state index contributed by atoms with van der Waals surface area (Å²) < 4.78 is 6.64. The molecule has 0 amide bonds. The fourth-order valence-electron chi connectivity index (χ4n) is 2.65. The van der Waals surface area contributed by atoms with Crippen LogP contribution in [0.1, 0.15) is 31.7 Å². The Morgan fingerprint density at radius 2 is 2.00 bits per heavy atom. The van der Waals surface area contributed by atoms with E-state index in [9.17, 15) is 0 Å². The SMILES string of the molecule is CCCNC(N)=NCC1(c2ccc(Br)cc2)CCOCC1. The number of hydrogen-bond acceptors (Lipinski definition) is 2. The van der Waals surface area contributed by atoms with Crippen LogP contribution < -0.4 is 11.1 Å². The normalized spacial score (nSPS) is 18.5. The lowest BCUT2D eigenvalue weighted by molar-refractivity contribution is 0.0531. The van der Waals surface area contributed by atoms with E-state index in [2.05, 4.69) is 57.4 Å². The molecule has 0 aliphatic carbocycles. The number of halogens is 1. The third kappa shape index (κ3) is 4.45. The van der Waals surface area contributed by atoms with Crippen LogP contribution in [0.15, 0.2) is 33.7 Å². The Kier molecular flexibility index (Phi) is 6.06. The summed E-state index contributed by atoms with van der Waals surface area (Å²) in [6.45, 7) is 5.26. The number of nitrogens with two attached hydrogens (primary N) is 1. The molecule has 1 aromatic rings. The monoisotopic (exact) mass is 353 g/mol. The van der Waals surface area contributed by atoms with Gasteiger partial charge in [0.05, 0.1) is 6.54 Å². The van der Waals surface area contributed by atoms with Crippen molar-refractivity contribution in [3.63, 3.8) is 0 Å². The molecule has 4 nitrogen and oxygen atoms in total. The van der Waals surface area contributed by atoms with Crippen LogP contribution in [0.5, 0.6) is 0 Å². The van der Waals surface area contributed by atoms with Crippen molar-refractivity contribution in [2.75, 3.05) is 26.3 Å². The number of benzene rings is 1. The van der Waals surface area contributed by atoms with Crippen molar-refractivity contribution in [3.8, 4) is 0 Å². The predicted molar refractivity (Wildman–Crippen MR) is 90.7 cm³/mol. The Morgan fingerprint density at radius 1 is 1.33 bits per heavy atom. The molecule has 1 heterocycles. The molecule has 1 saturated heterocycles. The van der Waals surface area contributed by atoms with Gasteiger partial charge in [-0.05, 0) is 37.0 Å². The number of ether oxygens (including phenoxy) is 1. The third-order valence-corrected chi connectivity index (χ3v) is 4.54. The highest BCUT2D eigenvalue weighted by molar-refractivity contribution is 9.10. The minimum atomic E-state index is 0.0392. The van der Waals surface area contributed by atoms with E-state index in [1.54, 1.807) is 0 Å². The zero-order valence-electron chi connectivity index (χ0n) is 12.6. The minimum Gasteiger partial charge on any atom is -0.381 e. The summed E-state index contributed by atoms with van der Waals surface area (Å²) in [5.41, 5.74) is 7.30. The van der Waals surface area contributed by atoms with E-state index in [-0.39, 0.29) is 5.41 Å². The average Bonchev–Trinajstić information content (AvgIpc) is 2.52. The van der Waals surface area contributed by atoms with E-state index in [1.807, 2.05) is 0 Å². The van der Waals surface area contributed by atoms with E-state index in [0.717, 1.165) is 43.5 Å². The van der Waals surface area contributed by atoms with E-state index >= 15 is 0 Å². The molecule has 2 rings (SSSR count). The van der Waals surface area contributed by atoms with Crippen molar-refractivity contribution in [2.24, 2.45) is 10.7 Å². The molecule has 0 unspecified atom stereocenters. The quantitative estimate of drug-likeness (QED) is 0.632. The Balaban J connectivity index is 2.15. The van der Waals surface area contributed by atoms with Gasteiger partial charge < -0.3 is 15.8 Å². The molecule has 0 saturated carbocycles. The molecule has 3 N–H and O–H groups in total. The highest BCUT2D eigenvalue weighted by atomic mass is 79.9. The molecule has 0 spiro atoms. The van der Waals surface area contributed by atoms with Gasteiger partial charge in [-0.25, -0.2) is 0 Å². The maximum atomic E-state index is 5.94. The molecule has 1 aliphatic rings. The fraction of sp³-hybridized carbons (Fsp3) is 0.562. The average molecular weight is 354 g/mol. The summed E-state index contributed by atoms with van der Waals surface area (Å²) in [5, 5.41) is 3.14. The minimum absolute atomic E-state index is 0.0392. The van der Waals surface area contributed by atoms with Gasteiger partial charge in [0.25, 0.3) is 0 Å². The van der Waals surface area contributed by atoms with Gasteiger partial charge in [-0.1, -0.05) is 35.0 Å². The summed E-state index contributed by atoms with van der Waals surface area (Å²) in [7, 11) is 0. The number of nitrogens with one attached hydrogen (secondary N) is 1. The van der Waals surface area contributed by atoms with E-state index in [4.69, 9.17) is 10.5 Å². The number of guanidine groups is 1. The predicted octanol–water partition coefficient (Wildman–Crippen LogP) is 2.81. The molecular weight excluding hydrogens is 330 g/mol. The Labute approximate surface area is 135 Å². The van der Waals surface area contributed by atoms with Crippen LogP contribution in [0.4, 0.5) is 0 Å². The summed E-state index contributed by atoms with van der Waals surface area (Å²) in [6, 6.07) is 8.55. The smallest absolute Gasteiger partial charge is 0.188 e. The first-order chi connectivity index (χ1) is 10.2. The topological polar surface area (TPSA) is 59.6 Å². The number of nitrogens with zero attached hydrogens (tertiary/aromatic N) is 1. The third-order valence-electron chi connectivity index (χ3n) is 4.01. The fourth-order valence-corrected chi connectivity index (χ4v) is 2.91. The first-order valence-corrected chi connectivity index (χ1v) is 8.33. The largest absolute Gasteiger partial charge is 0.381 e. The number of hydrogen-bond donors (Lipinski definition) is 2. The zero-order valence-corrected chi connectivity index (χ0v) is 14.2. The van der Waals surface area contributed by atoms with Crippen molar-refractivity contribution in [1.82, 2.24) is 5.32 Å². The van der Waals surface area contributed by atoms with Crippen molar-refractivity contribution in [2.45, 2.75) is 31.6 Å². The maximum absolute atomic E-state index is 5.94. The molecule has 1 aromatic carbocycles. The van der Waals surface area contributed by atoms with Crippen molar-refractivity contribution in [1.29, 1.82) is 0 Å². The molecule has 0 atom stereocenters. The van der Waals surface area contributed by atoms with E-state index in [1.165, 1.54) is 5.56 Å². The standard InChI is InChI=1S/C16H24BrN3O/c1-2-9-19-15(18)20-12-16(7-10-21-11-8-16)13-3-5-14(17)6-4-13/h3-6H,2,7-12H2,1H3,(H3,18,19,20). The number of rotatable bonds is 5. The lowest BCUT2D eigenvalue weighted by Crippen LogP contribution is -2.39. The van der Waals surface area contributed by atoms with Gasteiger partial charge in [-0.2, -0.15) is 0 Å². The van der Waals surface area contributed by atoms with Crippen LogP contribution in [-0.4, -0.2) is 32.3 Å². The lowest BCUT2D eigenvalue weighted by Gasteiger charge is -2.36. The molecule has 21 heavy (non-hydrogen) atoms. The molecule has 1 fully saturated rings. The summed E-state index contributed by atoms with van der Waals surface area (Å²) in [5.74, 6) is 0.542. The number of aliphatic imine (C=N–C) groups is 1. The van der Waals surface area contributed by atoms with Gasteiger partial charge in [0, 0.05) is 29.6 Å². The summed E-state index contributed by atoms with van der Waals surface area (Å²) in [6.07, 6.45) is 3.01. The van der Waals surface area contributed by atoms with Gasteiger partial charge in [-0.3, -0.25) is 4.99 Å². The highest BCUT2D eigenvalue weighted by Gasteiger charge is 2.34. The second-order valence-corrected chi connectivity index (χ2v) is 6.44. The first-order valence-electron chi connectivity index (χ1n) is 7.54. The summed E-state index contributed by atoms with van der Waals surface area (Å²) >= 11 is 3.50. The Morgan fingerprint density at radius 3 is 2.62 bits per heavy atom. The maximum Gasteiger partial charge on any atom is 0.188 e. The van der Waals surface area contributed by atoms with Gasteiger partial charge in [-0.15, -0.1) is 0 Å². The van der Waals surface area contributed by atoms with Crippen molar-refractivity contribution in [3.05, 3.63) is 34.3 Å². The van der Waals surface area contributed by atoms with Crippen molar-refractivity contribution >= 4 is 21.9 Å². The van der Waals surface area contributed by atoms with Crippen LogP contribution >= 0.6 is 15.9 Å². The lowest BCUT2D eigenvalue weighted by atomic mass is 9.74. The van der Waals surface area contributed by atoms with Gasteiger partial charge in [0.2, 0.25) is 0 Å². The molecular formula is C16H24BrN3O. The van der Waals surface area contributed by atoms with Crippen LogP contribution in [0.2, 0.25) is 0 Å². The van der Waals surface area contributed by atoms with E-state index in [0.29, 0.717) is 12.5 Å². The van der Waals surface area contributed by atoms with Gasteiger partial charge in [0.1, 0.15) is 0 Å². The van der Waals surface area contributed by atoms with Crippen molar-refractivity contribution < 1.29 is 4.74 Å². The molecule has 5 heteroatoms. The molecule has 0 aromatic heterocycles. The van der Waals surface area contributed by atoms with Crippen LogP contribution in [0.3, 0.4) is 0 Å². The second kappa shape index (κ2) is 7.80. The molecule has 0 bridgehead atoms. The molecule has 0 radical (unpaired) electrons. The van der Waals surface area contributed by atoms with Crippen LogP contribution in [0.25, 0.3) is 0 Å². The second-order valence-electron chi connectivity index (χ2n) is 5.53. The van der Waals surface area contributed by atoms with Gasteiger partial charge >= 0.3 is 0 Å².